The van der Waals surface area contributed by atoms with Crippen LogP contribution < -0.4 is 0 Å². The molecule has 11 heavy (non-hydrogen) atoms. The molecule has 0 bridgehead atoms. The number of aryl methyl sites for hydroxylation is 2. The fraction of sp³-hybridized carbons (Fsp3) is 0.429. The van der Waals surface area contributed by atoms with Crippen LogP contribution in [-0.4, -0.2) is 16.0 Å². The number of rotatable bonds is 1. The molecule has 1 rings (SSSR count). The van der Waals surface area contributed by atoms with Gasteiger partial charge < -0.3 is 4.98 Å². The molecule has 0 fully saturated rings. The Morgan fingerprint density at radius 2 is 2.36 bits per heavy atom. The van der Waals surface area contributed by atoms with Crippen molar-refractivity contribution in [3.63, 3.8) is 0 Å². The first-order valence-corrected chi connectivity index (χ1v) is 3.29. The van der Waals surface area contributed by atoms with Crippen molar-refractivity contribution in [3.8, 4) is 0 Å². The number of hydrogen-bond acceptors (Lipinski definition) is 3. The Morgan fingerprint density at radius 3 is 2.55 bits per heavy atom. The van der Waals surface area contributed by atoms with Gasteiger partial charge >= 0.3 is 0 Å². The summed E-state index contributed by atoms with van der Waals surface area (Å²) < 4.78 is 0. The Bertz CT molecular complexity index is 236. The van der Waals surface area contributed by atoms with Crippen LogP contribution in [0.25, 0.3) is 0 Å². The molecule has 0 spiro atoms. The van der Waals surface area contributed by atoms with Crippen molar-refractivity contribution in [2.45, 2.75) is 20.3 Å². The lowest BCUT2D eigenvalue weighted by Gasteiger charge is -1.82. The Labute approximate surface area is 65.2 Å². The summed E-state index contributed by atoms with van der Waals surface area (Å²) in [6.07, 6.45) is 3.59. The monoisotopic (exact) mass is 153 g/mol. The molecule has 60 valence electrons. The number of H-pyrrole nitrogens is 1. The quantitative estimate of drug-likeness (QED) is 0.470. The zero-order chi connectivity index (χ0) is 8.69. The summed E-state index contributed by atoms with van der Waals surface area (Å²) in [6, 6.07) is 0. The molecule has 4 heteroatoms. The molecular formula is C7H11N3O. The van der Waals surface area contributed by atoms with E-state index in [1.807, 2.05) is 13.1 Å². The first kappa shape index (κ1) is 9.59. The first-order chi connectivity index (χ1) is 5.24. The van der Waals surface area contributed by atoms with E-state index >= 15 is 0 Å². The van der Waals surface area contributed by atoms with Gasteiger partial charge in [-0.1, -0.05) is 6.92 Å². The molecule has 1 aromatic rings. The van der Waals surface area contributed by atoms with Crippen LogP contribution in [0.4, 0.5) is 0 Å². The van der Waals surface area contributed by atoms with Gasteiger partial charge in [0.05, 0.1) is 0 Å². The number of aromatic nitrogens is 2. The highest BCUT2D eigenvalue weighted by atomic mass is 16.1. The molecule has 0 atom stereocenters. The van der Waals surface area contributed by atoms with Gasteiger partial charge in [-0.05, 0) is 6.92 Å². The van der Waals surface area contributed by atoms with Gasteiger partial charge in [0.2, 0.25) is 6.08 Å². The van der Waals surface area contributed by atoms with E-state index in [0.29, 0.717) is 0 Å². The second kappa shape index (κ2) is 5.38. The van der Waals surface area contributed by atoms with Crippen LogP contribution in [0, 0.1) is 12.3 Å². The van der Waals surface area contributed by atoms with Gasteiger partial charge in [-0.3, -0.25) is 0 Å². The lowest BCUT2D eigenvalue weighted by atomic mass is 10.5. The van der Waals surface area contributed by atoms with Crippen molar-refractivity contribution in [1.82, 2.24) is 9.97 Å². The minimum atomic E-state index is 0.750. The van der Waals surface area contributed by atoms with Crippen LogP contribution >= 0.6 is 0 Å². The van der Waals surface area contributed by atoms with Crippen molar-refractivity contribution >= 4 is 6.08 Å². The van der Waals surface area contributed by atoms with Crippen LogP contribution in [0.2, 0.25) is 0 Å². The first-order valence-electron chi connectivity index (χ1n) is 3.29. The van der Waals surface area contributed by atoms with Gasteiger partial charge in [-0.2, -0.15) is 0 Å². The van der Waals surface area contributed by atoms with E-state index in [9.17, 15) is 0 Å². The standard InChI is InChI=1S/C6H10N2.CHNO/c1-3-6-7-4-5(2)8-6;2-1-3/h4H,3H2,1-2H3,(H,7,8);2H. The zero-order valence-corrected chi connectivity index (χ0v) is 6.64. The van der Waals surface area contributed by atoms with Crippen molar-refractivity contribution in [3.05, 3.63) is 17.7 Å². The van der Waals surface area contributed by atoms with E-state index in [1.54, 1.807) is 0 Å². The van der Waals surface area contributed by atoms with E-state index in [0.717, 1.165) is 24.0 Å². The molecular weight excluding hydrogens is 142 g/mol. The number of nitrogens with zero attached hydrogens (tertiary/aromatic N) is 1. The average Bonchev–Trinajstić information content (AvgIpc) is 2.37. The Kier molecular flexibility index (Phi) is 4.69. The molecule has 0 aromatic carbocycles. The number of nitrogens with one attached hydrogen (secondary N) is 2. The van der Waals surface area contributed by atoms with Gasteiger partial charge in [0.25, 0.3) is 0 Å². The van der Waals surface area contributed by atoms with Crippen LogP contribution in [0.3, 0.4) is 0 Å². The van der Waals surface area contributed by atoms with Gasteiger partial charge in [-0.25, -0.2) is 15.2 Å². The van der Waals surface area contributed by atoms with E-state index < -0.39 is 0 Å². The maximum absolute atomic E-state index is 8.35. The van der Waals surface area contributed by atoms with Crippen LogP contribution in [0.5, 0.6) is 0 Å². The molecule has 0 aliphatic heterocycles. The molecule has 0 aliphatic rings. The second-order valence-electron chi connectivity index (χ2n) is 1.97. The van der Waals surface area contributed by atoms with Crippen molar-refractivity contribution < 1.29 is 4.79 Å². The summed E-state index contributed by atoms with van der Waals surface area (Å²) in [5.74, 6) is 1.07. The Morgan fingerprint density at radius 1 is 1.82 bits per heavy atom. The lowest BCUT2D eigenvalue weighted by molar-refractivity contribution is 0.563. The van der Waals surface area contributed by atoms with Gasteiger partial charge in [0, 0.05) is 18.3 Å². The molecule has 0 saturated heterocycles. The molecule has 0 radical (unpaired) electrons. The molecule has 0 saturated carbocycles. The summed E-state index contributed by atoms with van der Waals surface area (Å²) >= 11 is 0. The third-order valence-electron chi connectivity index (χ3n) is 1.09. The third-order valence-corrected chi connectivity index (χ3v) is 1.09. The number of imidazole rings is 1. The van der Waals surface area contributed by atoms with Crippen LogP contribution in [0.15, 0.2) is 6.20 Å². The summed E-state index contributed by atoms with van der Waals surface area (Å²) in [4.78, 5) is 15.5. The average molecular weight is 153 g/mol. The Hall–Kier alpha value is -1.41. The van der Waals surface area contributed by atoms with Gasteiger partial charge in [0.1, 0.15) is 5.82 Å². The van der Waals surface area contributed by atoms with E-state index in [-0.39, 0.29) is 0 Å². The SMILES string of the molecule is CCc1ncc(C)[nH]1.N=C=O. The highest BCUT2D eigenvalue weighted by Gasteiger charge is 1.89. The number of hydrogen-bond donors (Lipinski definition) is 2. The van der Waals surface area contributed by atoms with Crippen LogP contribution in [-0.2, 0) is 11.2 Å². The molecule has 2 N–H and O–H groups in total. The number of aromatic amines is 1. The van der Waals surface area contributed by atoms with E-state index in [1.165, 1.54) is 0 Å². The van der Waals surface area contributed by atoms with Crippen molar-refractivity contribution in [1.29, 1.82) is 5.41 Å². The molecule has 0 aliphatic carbocycles. The predicted octanol–water partition coefficient (Wildman–Crippen LogP) is 1.18. The normalized spacial score (nSPS) is 7.82. The van der Waals surface area contributed by atoms with Crippen LogP contribution in [0.1, 0.15) is 18.4 Å². The third kappa shape index (κ3) is 4.06. The van der Waals surface area contributed by atoms with Gasteiger partial charge in [-0.15, -0.1) is 0 Å². The second-order valence-corrected chi connectivity index (χ2v) is 1.97. The highest BCUT2D eigenvalue weighted by Crippen LogP contribution is 1.93. The summed E-state index contributed by atoms with van der Waals surface area (Å²) in [5, 5.41) is 5.40. The maximum Gasteiger partial charge on any atom is 0.231 e. The smallest absolute Gasteiger partial charge is 0.231 e. The predicted molar refractivity (Wildman–Crippen MR) is 41.1 cm³/mol. The molecule has 1 aromatic heterocycles. The zero-order valence-electron chi connectivity index (χ0n) is 6.64. The summed E-state index contributed by atoms with van der Waals surface area (Å²) in [5.41, 5.74) is 1.14. The largest absolute Gasteiger partial charge is 0.346 e. The fourth-order valence-corrected chi connectivity index (χ4v) is 0.647. The van der Waals surface area contributed by atoms with Crippen molar-refractivity contribution in [2.75, 3.05) is 0 Å². The lowest BCUT2D eigenvalue weighted by Crippen LogP contribution is -1.80. The van der Waals surface area contributed by atoms with Crippen molar-refractivity contribution in [2.24, 2.45) is 0 Å². The van der Waals surface area contributed by atoms with E-state index in [4.69, 9.17) is 10.2 Å². The summed E-state index contributed by atoms with van der Waals surface area (Å²) in [6.45, 7) is 4.09. The minimum absolute atomic E-state index is 0.750. The topological polar surface area (TPSA) is 69.6 Å². The fourth-order valence-electron chi connectivity index (χ4n) is 0.647. The molecule has 1 heterocycles. The minimum Gasteiger partial charge on any atom is -0.346 e. The Balaban J connectivity index is 0.000000292. The van der Waals surface area contributed by atoms with E-state index in [2.05, 4.69) is 16.9 Å². The summed E-state index contributed by atoms with van der Waals surface area (Å²) in [7, 11) is 0. The molecule has 0 amide bonds. The molecule has 0 unspecified atom stereocenters. The van der Waals surface area contributed by atoms with Gasteiger partial charge in [0.15, 0.2) is 0 Å². The molecule has 4 nitrogen and oxygen atoms in total. The maximum atomic E-state index is 8.35. The number of isocyanates is 1. The highest BCUT2D eigenvalue weighted by molar-refractivity contribution is 5.26. The number of carbonyl (C=O) groups excluding carboxylic acids is 1.